The molecule has 0 aliphatic heterocycles. The third-order valence-corrected chi connectivity index (χ3v) is 3.25. The number of rotatable bonds is 4. The minimum Gasteiger partial charge on any atom is -0.468 e. The van der Waals surface area contributed by atoms with Gasteiger partial charge in [0.25, 0.3) is 0 Å². The van der Waals surface area contributed by atoms with E-state index in [-0.39, 0.29) is 12.0 Å². The van der Waals surface area contributed by atoms with Crippen molar-refractivity contribution < 1.29 is 9.53 Å². The van der Waals surface area contributed by atoms with Crippen molar-refractivity contribution in [3.63, 3.8) is 0 Å². The Bertz CT molecular complexity index is 404. The van der Waals surface area contributed by atoms with Crippen LogP contribution < -0.4 is 5.32 Å². The van der Waals surface area contributed by atoms with Gasteiger partial charge in [-0.25, -0.2) is 4.79 Å². The first-order chi connectivity index (χ1) is 8.13. The summed E-state index contributed by atoms with van der Waals surface area (Å²) in [6, 6.07) is 6.23. The predicted octanol–water partition coefficient (Wildman–Crippen LogP) is 2.27. The van der Waals surface area contributed by atoms with Gasteiger partial charge in [0.15, 0.2) is 0 Å². The van der Waals surface area contributed by atoms with E-state index in [0.717, 1.165) is 29.5 Å². The Morgan fingerprint density at radius 1 is 1.35 bits per heavy atom. The molecule has 92 valence electrons. The van der Waals surface area contributed by atoms with Crippen LogP contribution in [-0.4, -0.2) is 19.1 Å². The van der Waals surface area contributed by atoms with Crippen LogP contribution in [0.3, 0.4) is 0 Å². The van der Waals surface area contributed by atoms with Crippen molar-refractivity contribution in [2.75, 3.05) is 7.11 Å². The molecule has 0 radical (unpaired) electrons. The third-order valence-electron chi connectivity index (χ3n) is 3.25. The van der Waals surface area contributed by atoms with Crippen LogP contribution in [0.15, 0.2) is 18.2 Å². The zero-order valence-corrected chi connectivity index (χ0v) is 10.6. The second kappa shape index (κ2) is 4.88. The number of methoxy groups -OCH3 is 1. The molecule has 2 rings (SSSR count). The molecule has 1 fully saturated rings. The fourth-order valence-corrected chi connectivity index (χ4v) is 2.16. The lowest BCUT2D eigenvalue weighted by Crippen LogP contribution is -2.32. The minimum absolute atomic E-state index is 0.200. The summed E-state index contributed by atoms with van der Waals surface area (Å²) in [4.78, 5) is 11.9. The van der Waals surface area contributed by atoms with Crippen LogP contribution in [0, 0.1) is 13.8 Å². The van der Waals surface area contributed by atoms with Gasteiger partial charge in [-0.2, -0.15) is 0 Å². The fraction of sp³-hybridized carbons (Fsp3) is 0.500. The van der Waals surface area contributed by atoms with E-state index < -0.39 is 0 Å². The number of hydrogen-bond donors (Lipinski definition) is 1. The maximum Gasteiger partial charge on any atom is 0.327 e. The largest absolute Gasteiger partial charge is 0.468 e. The van der Waals surface area contributed by atoms with Gasteiger partial charge < -0.3 is 4.74 Å². The molecule has 1 aromatic rings. The summed E-state index contributed by atoms with van der Waals surface area (Å²) in [6.07, 6.45) is 2.30. The molecule has 3 heteroatoms. The van der Waals surface area contributed by atoms with Crippen molar-refractivity contribution in [1.82, 2.24) is 5.32 Å². The quantitative estimate of drug-likeness (QED) is 0.811. The summed E-state index contributed by atoms with van der Waals surface area (Å²) in [5, 5.41) is 3.37. The maximum atomic E-state index is 11.9. The van der Waals surface area contributed by atoms with Gasteiger partial charge in [0.2, 0.25) is 0 Å². The third kappa shape index (κ3) is 2.67. The van der Waals surface area contributed by atoms with Crippen LogP contribution in [0.5, 0.6) is 0 Å². The number of hydrogen-bond acceptors (Lipinski definition) is 3. The molecule has 1 aliphatic rings. The summed E-state index contributed by atoms with van der Waals surface area (Å²) >= 11 is 0. The van der Waals surface area contributed by atoms with Crippen LogP contribution in [-0.2, 0) is 9.53 Å². The molecule has 1 unspecified atom stereocenters. The zero-order valence-electron chi connectivity index (χ0n) is 10.6. The molecule has 1 aliphatic carbocycles. The monoisotopic (exact) mass is 233 g/mol. The molecular weight excluding hydrogens is 214 g/mol. The highest BCUT2D eigenvalue weighted by atomic mass is 16.5. The Morgan fingerprint density at radius 3 is 2.41 bits per heavy atom. The van der Waals surface area contributed by atoms with E-state index in [4.69, 9.17) is 4.74 Å². The lowest BCUT2D eigenvalue weighted by molar-refractivity contribution is -0.143. The number of nitrogens with one attached hydrogen (secondary N) is 1. The predicted molar refractivity (Wildman–Crippen MR) is 66.8 cm³/mol. The van der Waals surface area contributed by atoms with Gasteiger partial charge in [-0.05, 0) is 43.4 Å². The van der Waals surface area contributed by atoms with Gasteiger partial charge in [-0.1, -0.05) is 18.2 Å². The van der Waals surface area contributed by atoms with Crippen molar-refractivity contribution in [2.45, 2.75) is 38.8 Å². The van der Waals surface area contributed by atoms with Crippen molar-refractivity contribution in [3.8, 4) is 0 Å². The van der Waals surface area contributed by atoms with E-state index in [1.165, 1.54) is 7.11 Å². The van der Waals surface area contributed by atoms with E-state index in [1.807, 2.05) is 32.0 Å². The minimum atomic E-state index is -0.325. The van der Waals surface area contributed by atoms with Gasteiger partial charge in [-0.3, -0.25) is 5.32 Å². The lowest BCUT2D eigenvalue weighted by Gasteiger charge is -2.20. The van der Waals surface area contributed by atoms with Crippen molar-refractivity contribution in [2.24, 2.45) is 0 Å². The number of carbonyl (C=O) groups excluding carboxylic acids is 1. The molecule has 17 heavy (non-hydrogen) atoms. The Labute approximate surface area is 102 Å². The summed E-state index contributed by atoms with van der Waals surface area (Å²) in [5.41, 5.74) is 3.33. The first kappa shape index (κ1) is 12.1. The molecule has 1 N–H and O–H groups in total. The van der Waals surface area contributed by atoms with E-state index in [0.29, 0.717) is 6.04 Å². The van der Waals surface area contributed by atoms with Gasteiger partial charge in [0.05, 0.1) is 7.11 Å². The Kier molecular flexibility index (Phi) is 3.48. The van der Waals surface area contributed by atoms with E-state index in [2.05, 4.69) is 5.32 Å². The van der Waals surface area contributed by atoms with E-state index >= 15 is 0 Å². The number of ether oxygens (including phenoxy) is 1. The summed E-state index contributed by atoms with van der Waals surface area (Å²) in [7, 11) is 1.44. The Morgan fingerprint density at radius 2 is 1.94 bits per heavy atom. The molecule has 0 amide bonds. The zero-order chi connectivity index (χ0) is 12.4. The molecule has 0 bridgehead atoms. The van der Waals surface area contributed by atoms with Crippen molar-refractivity contribution >= 4 is 5.97 Å². The smallest absolute Gasteiger partial charge is 0.327 e. The lowest BCUT2D eigenvalue weighted by atomic mass is 9.96. The van der Waals surface area contributed by atoms with Crippen LogP contribution >= 0.6 is 0 Å². The Balaban J connectivity index is 2.32. The fourth-order valence-electron chi connectivity index (χ4n) is 2.16. The highest BCUT2D eigenvalue weighted by Gasteiger charge is 2.31. The molecule has 1 saturated carbocycles. The first-order valence-corrected chi connectivity index (χ1v) is 6.03. The van der Waals surface area contributed by atoms with Crippen LogP contribution in [0.4, 0.5) is 0 Å². The summed E-state index contributed by atoms with van der Waals surface area (Å²) in [5.74, 6) is -0.200. The highest BCUT2D eigenvalue weighted by Crippen LogP contribution is 2.28. The van der Waals surface area contributed by atoms with Crippen molar-refractivity contribution in [1.29, 1.82) is 0 Å². The van der Waals surface area contributed by atoms with Gasteiger partial charge in [0.1, 0.15) is 6.04 Å². The second-order valence-corrected chi connectivity index (χ2v) is 4.70. The van der Waals surface area contributed by atoms with Crippen molar-refractivity contribution in [3.05, 3.63) is 34.9 Å². The molecular formula is C14H19NO2. The van der Waals surface area contributed by atoms with E-state index in [9.17, 15) is 4.79 Å². The number of benzene rings is 1. The molecule has 1 aromatic carbocycles. The van der Waals surface area contributed by atoms with E-state index in [1.54, 1.807) is 0 Å². The average Bonchev–Trinajstić information content (AvgIpc) is 3.10. The number of carbonyl (C=O) groups is 1. The second-order valence-electron chi connectivity index (χ2n) is 4.70. The standard InChI is InChI=1S/C14H19NO2/c1-9-5-4-6-10(2)12(9)13(14(16)17-3)15-11-7-8-11/h4-6,11,13,15H,7-8H2,1-3H3. The first-order valence-electron chi connectivity index (χ1n) is 6.03. The molecule has 1 atom stereocenters. The highest BCUT2D eigenvalue weighted by molar-refractivity contribution is 5.78. The normalized spacial score (nSPS) is 16.6. The molecule has 0 spiro atoms. The topological polar surface area (TPSA) is 38.3 Å². The average molecular weight is 233 g/mol. The number of esters is 1. The molecule has 0 heterocycles. The van der Waals surface area contributed by atoms with Gasteiger partial charge in [-0.15, -0.1) is 0 Å². The van der Waals surface area contributed by atoms with Crippen LogP contribution in [0.1, 0.15) is 35.6 Å². The van der Waals surface area contributed by atoms with Gasteiger partial charge in [0, 0.05) is 6.04 Å². The Hall–Kier alpha value is -1.35. The van der Waals surface area contributed by atoms with Gasteiger partial charge >= 0.3 is 5.97 Å². The number of aryl methyl sites for hydroxylation is 2. The molecule has 0 aromatic heterocycles. The SMILES string of the molecule is COC(=O)C(NC1CC1)c1c(C)cccc1C. The van der Waals surface area contributed by atoms with Crippen LogP contribution in [0.25, 0.3) is 0 Å². The molecule has 3 nitrogen and oxygen atoms in total. The maximum absolute atomic E-state index is 11.9. The summed E-state index contributed by atoms with van der Waals surface area (Å²) in [6.45, 7) is 4.07. The molecule has 0 saturated heterocycles. The summed E-state index contributed by atoms with van der Waals surface area (Å²) < 4.78 is 4.90. The van der Waals surface area contributed by atoms with Crippen LogP contribution in [0.2, 0.25) is 0 Å².